The van der Waals surface area contributed by atoms with Crippen LogP contribution in [0, 0.1) is 12.3 Å². The Kier molecular flexibility index (Phi) is 3.78. The minimum atomic E-state index is -0.751. The van der Waals surface area contributed by atoms with E-state index >= 15 is 0 Å². The number of nitrogens with one attached hydrogen (secondary N) is 4. The normalized spacial score (nSPS) is 16.2. The van der Waals surface area contributed by atoms with E-state index in [1.165, 1.54) is 0 Å². The van der Waals surface area contributed by atoms with Crippen molar-refractivity contribution in [1.29, 1.82) is 0 Å². The number of hydrogen-bond acceptors (Lipinski definition) is 5. The molecule has 3 aromatic rings. The lowest BCUT2D eigenvalue weighted by Gasteiger charge is -2.24. The van der Waals surface area contributed by atoms with Crippen LogP contribution in [0.2, 0.25) is 0 Å². The van der Waals surface area contributed by atoms with Gasteiger partial charge in [0.2, 0.25) is 5.88 Å². The smallest absolute Gasteiger partial charge is 0.328 e. The third kappa shape index (κ3) is 2.55. The van der Waals surface area contributed by atoms with Gasteiger partial charge in [-0.3, -0.25) is 14.8 Å². The number of H-pyrrole nitrogens is 3. The number of aromatic hydroxyl groups is 1. The number of ether oxygens (including phenoxy) is 1. The highest BCUT2D eigenvalue weighted by Gasteiger charge is 2.29. The molecule has 132 valence electrons. The zero-order valence-electron chi connectivity index (χ0n) is 13.7. The molecule has 8 nitrogen and oxygen atoms in total. The van der Waals surface area contributed by atoms with Gasteiger partial charge < -0.3 is 20.1 Å². The van der Waals surface area contributed by atoms with E-state index in [0.29, 0.717) is 12.3 Å². The lowest BCUT2D eigenvalue weighted by molar-refractivity contribution is 0.371. The highest BCUT2D eigenvalue weighted by molar-refractivity contribution is 5.86. The molecule has 2 aromatic heterocycles. The Hall–Kier alpha value is -3.44. The number of terminal acetylenes is 1. The summed E-state index contributed by atoms with van der Waals surface area (Å²) in [6, 6.07) is 5.03. The molecule has 0 amide bonds. The molecule has 8 heteroatoms. The van der Waals surface area contributed by atoms with E-state index in [0.717, 1.165) is 28.6 Å². The van der Waals surface area contributed by atoms with Crippen molar-refractivity contribution < 1.29 is 9.84 Å². The van der Waals surface area contributed by atoms with Gasteiger partial charge >= 0.3 is 5.69 Å². The number of fused-ring (bicyclic) bond motifs is 3. The summed E-state index contributed by atoms with van der Waals surface area (Å²) in [6.07, 6.45) is 5.97. The molecular weight excluding hydrogens is 336 g/mol. The highest BCUT2D eigenvalue weighted by atomic mass is 16.5. The average molecular weight is 352 g/mol. The molecule has 0 bridgehead atoms. The molecule has 1 aliphatic rings. The fourth-order valence-corrected chi connectivity index (χ4v) is 3.42. The molecule has 4 rings (SSSR count). The van der Waals surface area contributed by atoms with Crippen molar-refractivity contribution in [2.45, 2.75) is 12.5 Å². The van der Waals surface area contributed by atoms with Crippen molar-refractivity contribution in [3.63, 3.8) is 0 Å². The van der Waals surface area contributed by atoms with Gasteiger partial charge in [0.25, 0.3) is 5.56 Å². The molecule has 1 atom stereocenters. The SMILES string of the molecule is C#CCOc1ccc2[nH]c3c(c2c1)CCNC3c1c(O)[nH]c(=O)[nH]c1=O. The van der Waals surface area contributed by atoms with Gasteiger partial charge in [0, 0.05) is 23.1 Å². The molecule has 1 aliphatic heterocycles. The van der Waals surface area contributed by atoms with Crippen LogP contribution in [-0.4, -0.2) is 33.2 Å². The third-order valence-corrected chi connectivity index (χ3v) is 4.49. The molecular formula is C18H16N4O4. The first-order valence-electron chi connectivity index (χ1n) is 8.08. The van der Waals surface area contributed by atoms with Crippen LogP contribution in [0.1, 0.15) is 22.9 Å². The number of rotatable bonds is 3. The number of benzene rings is 1. The van der Waals surface area contributed by atoms with Crippen molar-refractivity contribution in [3.8, 4) is 24.0 Å². The Balaban J connectivity index is 1.86. The lowest BCUT2D eigenvalue weighted by Crippen LogP contribution is -2.36. The second kappa shape index (κ2) is 6.13. The largest absolute Gasteiger partial charge is 0.494 e. The van der Waals surface area contributed by atoms with E-state index in [1.54, 1.807) is 0 Å². The maximum absolute atomic E-state index is 12.2. The topological polar surface area (TPSA) is 123 Å². The van der Waals surface area contributed by atoms with Crippen LogP contribution in [0.5, 0.6) is 11.6 Å². The predicted molar refractivity (Wildman–Crippen MR) is 95.5 cm³/mol. The number of hydrogen-bond donors (Lipinski definition) is 5. The molecule has 5 N–H and O–H groups in total. The van der Waals surface area contributed by atoms with Crippen molar-refractivity contribution >= 4 is 10.9 Å². The summed E-state index contributed by atoms with van der Waals surface area (Å²) in [4.78, 5) is 31.2. The first-order valence-corrected chi connectivity index (χ1v) is 8.08. The molecule has 0 spiro atoms. The zero-order chi connectivity index (χ0) is 18.3. The van der Waals surface area contributed by atoms with Crippen LogP contribution >= 0.6 is 0 Å². The number of aromatic amines is 3. The fourth-order valence-electron chi connectivity index (χ4n) is 3.42. The van der Waals surface area contributed by atoms with Crippen LogP contribution in [0.15, 0.2) is 27.8 Å². The van der Waals surface area contributed by atoms with Crippen LogP contribution in [0.25, 0.3) is 10.9 Å². The summed E-state index contributed by atoms with van der Waals surface area (Å²) in [7, 11) is 0. The predicted octanol–water partition coefficient (Wildman–Crippen LogP) is 0.497. The Morgan fingerprint density at radius 1 is 1.27 bits per heavy atom. The molecule has 26 heavy (non-hydrogen) atoms. The zero-order valence-corrected chi connectivity index (χ0v) is 13.7. The molecule has 1 aromatic carbocycles. The van der Waals surface area contributed by atoms with E-state index < -0.39 is 23.2 Å². The van der Waals surface area contributed by atoms with Gasteiger partial charge in [0.15, 0.2) is 0 Å². The molecule has 0 saturated heterocycles. The van der Waals surface area contributed by atoms with Gasteiger partial charge in [-0.2, -0.15) is 0 Å². The minimum Gasteiger partial charge on any atom is -0.494 e. The van der Waals surface area contributed by atoms with Crippen molar-refractivity contribution in [2.24, 2.45) is 0 Å². The van der Waals surface area contributed by atoms with E-state index in [-0.39, 0.29) is 12.2 Å². The van der Waals surface area contributed by atoms with Crippen molar-refractivity contribution in [2.75, 3.05) is 13.2 Å². The molecule has 1 unspecified atom stereocenters. The summed E-state index contributed by atoms with van der Waals surface area (Å²) in [6.45, 7) is 0.793. The molecule has 0 saturated carbocycles. The number of aromatic nitrogens is 3. The van der Waals surface area contributed by atoms with Gasteiger partial charge in [-0.1, -0.05) is 5.92 Å². The van der Waals surface area contributed by atoms with Crippen LogP contribution < -0.4 is 21.3 Å². The van der Waals surface area contributed by atoms with Crippen molar-refractivity contribution in [1.82, 2.24) is 20.3 Å². The summed E-state index contributed by atoms with van der Waals surface area (Å²) >= 11 is 0. The van der Waals surface area contributed by atoms with Gasteiger partial charge in [-0.25, -0.2) is 4.79 Å². The fraction of sp³-hybridized carbons (Fsp3) is 0.222. The van der Waals surface area contributed by atoms with Gasteiger partial charge in [-0.15, -0.1) is 6.42 Å². The van der Waals surface area contributed by atoms with E-state index in [9.17, 15) is 14.7 Å². The molecule has 0 radical (unpaired) electrons. The second-order valence-electron chi connectivity index (χ2n) is 6.03. The molecule has 0 fully saturated rings. The summed E-state index contributed by atoms with van der Waals surface area (Å²) in [5.41, 5.74) is 1.37. The Labute approximate surface area is 147 Å². The van der Waals surface area contributed by atoms with Gasteiger partial charge in [-0.05, 0) is 30.2 Å². The maximum Gasteiger partial charge on any atom is 0.328 e. The molecule has 3 heterocycles. The standard InChI is InChI=1S/C18H16N4O4/c1-2-7-26-9-3-4-12-11(8-9)10-5-6-19-15(14(10)20-12)13-16(23)21-18(25)22-17(13)24/h1,3-4,8,15,19-20H,5-7H2,(H3,21,22,23,24,25). The second-order valence-corrected chi connectivity index (χ2v) is 6.03. The van der Waals surface area contributed by atoms with Crippen molar-refractivity contribution in [3.05, 3.63) is 55.9 Å². The van der Waals surface area contributed by atoms with Crippen LogP contribution in [0.3, 0.4) is 0 Å². The van der Waals surface area contributed by atoms with Gasteiger partial charge in [0.1, 0.15) is 17.9 Å². The monoisotopic (exact) mass is 352 g/mol. The summed E-state index contributed by atoms with van der Waals surface area (Å²) < 4.78 is 5.49. The first-order chi connectivity index (χ1) is 12.6. The van der Waals surface area contributed by atoms with Crippen LogP contribution in [-0.2, 0) is 6.42 Å². The molecule has 0 aliphatic carbocycles. The Morgan fingerprint density at radius 2 is 2.12 bits per heavy atom. The van der Waals surface area contributed by atoms with E-state index in [1.807, 2.05) is 18.2 Å². The summed E-state index contributed by atoms with van der Waals surface area (Å²) in [5.74, 6) is 2.65. The lowest BCUT2D eigenvalue weighted by atomic mass is 9.95. The van der Waals surface area contributed by atoms with E-state index in [2.05, 4.69) is 26.2 Å². The Morgan fingerprint density at radius 3 is 2.88 bits per heavy atom. The first kappa shape index (κ1) is 16.1. The quantitative estimate of drug-likeness (QED) is 0.439. The maximum atomic E-state index is 12.2. The Bertz CT molecular complexity index is 1150. The van der Waals surface area contributed by atoms with E-state index in [4.69, 9.17) is 11.2 Å². The minimum absolute atomic E-state index is 0.0703. The average Bonchev–Trinajstić information content (AvgIpc) is 2.98. The van der Waals surface area contributed by atoms with Crippen LogP contribution in [0.4, 0.5) is 0 Å². The van der Waals surface area contributed by atoms with Gasteiger partial charge in [0.05, 0.1) is 6.04 Å². The highest BCUT2D eigenvalue weighted by Crippen LogP contribution is 2.35. The third-order valence-electron chi connectivity index (χ3n) is 4.49. The summed E-state index contributed by atoms with van der Waals surface area (Å²) in [5, 5.41) is 14.3.